The summed E-state index contributed by atoms with van der Waals surface area (Å²) in [5.74, 6) is 0.234. The highest BCUT2D eigenvalue weighted by molar-refractivity contribution is 7.57. The lowest BCUT2D eigenvalue weighted by Crippen LogP contribution is -2.37. The molecule has 166 valence electrons. The monoisotopic (exact) mass is 454 g/mol. The lowest BCUT2D eigenvalue weighted by atomic mass is 10.1. The summed E-state index contributed by atoms with van der Waals surface area (Å²) in [7, 11) is -1.29. The maximum atomic E-state index is 15.3. The molecule has 0 spiro atoms. The smallest absolute Gasteiger partial charge is 0.353 e. The minimum atomic E-state index is -3.62. The van der Waals surface area contributed by atoms with E-state index in [1.807, 2.05) is 4.98 Å². The Kier molecular flexibility index (Phi) is 7.01. The van der Waals surface area contributed by atoms with Crippen LogP contribution in [0, 0.1) is 0 Å². The molecule has 1 fully saturated rings. The number of ether oxygens (including phenoxy) is 2. The Morgan fingerprint density at radius 2 is 1.87 bits per heavy atom. The summed E-state index contributed by atoms with van der Waals surface area (Å²) in [6.45, 7) is 0. The molecule has 2 aromatic rings. The average molecular weight is 454 g/mol. The van der Waals surface area contributed by atoms with E-state index in [1.165, 1.54) is 18.2 Å². The van der Waals surface area contributed by atoms with Gasteiger partial charge in [0.15, 0.2) is 18.5 Å². The number of esters is 1. The van der Waals surface area contributed by atoms with Crippen LogP contribution in [0.5, 0.6) is 0 Å². The Morgan fingerprint density at radius 3 is 2.48 bits per heavy atom. The van der Waals surface area contributed by atoms with Crippen molar-refractivity contribution in [3.05, 3.63) is 80.9 Å². The lowest BCUT2D eigenvalue weighted by Gasteiger charge is -2.18. The van der Waals surface area contributed by atoms with Crippen LogP contribution in [0.1, 0.15) is 16.6 Å². The second-order valence-corrected chi connectivity index (χ2v) is 8.54. The van der Waals surface area contributed by atoms with Gasteiger partial charge in [-0.3, -0.25) is 18.9 Å². The largest absolute Gasteiger partial charge is 0.452 e. The summed E-state index contributed by atoms with van der Waals surface area (Å²) in [5, 5.41) is 0. The van der Waals surface area contributed by atoms with Crippen LogP contribution in [0.3, 0.4) is 0 Å². The highest BCUT2D eigenvalue weighted by atomic mass is 31.2. The van der Waals surface area contributed by atoms with Gasteiger partial charge in [0, 0.05) is 32.3 Å². The van der Waals surface area contributed by atoms with Crippen molar-refractivity contribution in [1.82, 2.24) is 9.55 Å². The van der Waals surface area contributed by atoms with E-state index in [0.717, 1.165) is 36.9 Å². The van der Waals surface area contributed by atoms with E-state index in [1.54, 1.807) is 18.2 Å². The molecule has 1 aliphatic rings. The summed E-state index contributed by atoms with van der Waals surface area (Å²) in [6.07, 6.45) is -3.98. The zero-order chi connectivity index (χ0) is 22.6. The average Bonchev–Trinajstić information content (AvgIpc) is 3.08. The Bertz CT molecular complexity index is 1110. The summed E-state index contributed by atoms with van der Waals surface area (Å²) < 4.78 is 48.9. The van der Waals surface area contributed by atoms with Gasteiger partial charge in [-0.25, -0.2) is 14.0 Å². The van der Waals surface area contributed by atoms with E-state index in [4.69, 9.17) is 18.5 Å². The number of carbonyl (C=O) groups is 1. The van der Waals surface area contributed by atoms with E-state index in [-0.39, 0.29) is 5.56 Å². The van der Waals surface area contributed by atoms with Gasteiger partial charge in [-0.05, 0) is 18.2 Å². The molecular formula is C19H20FN2O8P. The molecule has 0 saturated carbocycles. The third-order valence-corrected chi connectivity index (χ3v) is 6.11. The first-order valence-corrected chi connectivity index (χ1v) is 10.7. The molecule has 31 heavy (non-hydrogen) atoms. The van der Waals surface area contributed by atoms with E-state index < -0.39 is 49.4 Å². The van der Waals surface area contributed by atoms with Crippen molar-refractivity contribution in [2.75, 3.05) is 14.2 Å². The number of aromatic nitrogens is 2. The Hall–Kier alpha value is -2.85. The van der Waals surface area contributed by atoms with Crippen molar-refractivity contribution in [2.24, 2.45) is 0 Å². The highest BCUT2D eigenvalue weighted by Crippen LogP contribution is 2.48. The molecule has 2 heterocycles. The zero-order valence-corrected chi connectivity index (χ0v) is 17.4. The molecule has 10 nitrogen and oxygen atoms in total. The molecule has 1 aromatic heterocycles. The van der Waals surface area contributed by atoms with Crippen LogP contribution in [0.4, 0.5) is 4.39 Å². The Labute approximate surface area is 175 Å². The molecule has 0 aliphatic carbocycles. The third kappa shape index (κ3) is 5.08. The van der Waals surface area contributed by atoms with Gasteiger partial charge in [0.1, 0.15) is 6.10 Å². The van der Waals surface area contributed by atoms with Crippen molar-refractivity contribution in [2.45, 2.75) is 24.6 Å². The van der Waals surface area contributed by atoms with Crippen molar-refractivity contribution < 1.29 is 32.3 Å². The van der Waals surface area contributed by atoms with Gasteiger partial charge in [0.2, 0.25) is 0 Å². The topological polar surface area (TPSA) is 126 Å². The SMILES string of the molecule is COP(=O)(C=CC1OC(n2ccc(=O)[nH]c2=O)C(F)C1OC(=O)c1ccccc1)OC. The molecule has 3 rings (SSSR count). The predicted molar refractivity (Wildman–Crippen MR) is 107 cm³/mol. The molecule has 12 heteroatoms. The van der Waals surface area contributed by atoms with Crippen LogP contribution < -0.4 is 11.2 Å². The number of rotatable bonds is 7. The molecule has 0 bridgehead atoms. The first kappa shape index (κ1) is 22.8. The number of H-pyrrole nitrogens is 1. The molecule has 0 radical (unpaired) electrons. The number of halogens is 1. The first-order valence-electron chi connectivity index (χ1n) is 9.05. The number of aromatic amines is 1. The third-order valence-electron chi connectivity index (χ3n) is 4.55. The lowest BCUT2D eigenvalue weighted by molar-refractivity contribution is -0.0103. The number of hydrogen-bond donors (Lipinski definition) is 1. The summed E-state index contributed by atoms with van der Waals surface area (Å²) >= 11 is 0. The van der Waals surface area contributed by atoms with Crippen LogP contribution in [0.15, 0.2) is 64.1 Å². The molecule has 1 aliphatic heterocycles. The van der Waals surface area contributed by atoms with Crippen LogP contribution >= 0.6 is 7.60 Å². The Morgan fingerprint density at radius 1 is 1.19 bits per heavy atom. The number of nitrogens with zero attached hydrogens (tertiary/aromatic N) is 1. The van der Waals surface area contributed by atoms with Gasteiger partial charge < -0.3 is 18.5 Å². The molecule has 1 N–H and O–H groups in total. The minimum Gasteiger partial charge on any atom is -0.452 e. The maximum absolute atomic E-state index is 15.3. The van der Waals surface area contributed by atoms with E-state index in [2.05, 4.69) is 0 Å². The normalized spacial score (nSPS) is 23.8. The molecular weight excluding hydrogens is 434 g/mol. The van der Waals surface area contributed by atoms with Crippen molar-refractivity contribution in [1.29, 1.82) is 0 Å². The number of alkyl halides is 1. The first-order chi connectivity index (χ1) is 14.8. The number of benzene rings is 1. The molecule has 4 unspecified atom stereocenters. The summed E-state index contributed by atoms with van der Waals surface area (Å²) in [5.41, 5.74) is -1.39. The minimum absolute atomic E-state index is 0.182. The fourth-order valence-electron chi connectivity index (χ4n) is 2.94. The van der Waals surface area contributed by atoms with Gasteiger partial charge in [0.05, 0.1) is 5.56 Å². The van der Waals surface area contributed by atoms with Crippen LogP contribution in [0.25, 0.3) is 0 Å². The van der Waals surface area contributed by atoms with Gasteiger partial charge in [-0.2, -0.15) is 0 Å². The molecule has 4 atom stereocenters. The summed E-state index contributed by atoms with van der Waals surface area (Å²) in [4.78, 5) is 37.9. The predicted octanol–water partition coefficient (Wildman–Crippen LogP) is 2.00. The fraction of sp³-hybridized carbons (Fsp3) is 0.316. The van der Waals surface area contributed by atoms with Crippen LogP contribution in [0.2, 0.25) is 0 Å². The second-order valence-electron chi connectivity index (χ2n) is 6.44. The van der Waals surface area contributed by atoms with Crippen LogP contribution in [-0.2, 0) is 23.1 Å². The maximum Gasteiger partial charge on any atom is 0.353 e. The van der Waals surface area contributed by atoms with E-state index >= 15 is 4.39 Å². The van der Waals surface area contributed by atoms with Crippen LogP contribution in [-0.4, -0.2) is 48.1 Å². The highest BCUT2D eigenvalue weighted by Gasteiger charge is 2.48. The van der Waals surface area contributed by atoms with Gasteiger partial charge in [-0.1, -0.05) is 18.2 Å². The Balaban J connectivity index is 1.93. The molecule has 0 amide bonds. The quantitative estimate of drug-likeness (QED) is 0.497. The van der Waals surface area contributed by atoms with Gasteiger partial charge in [-0.15, -0.1) is 0 Å². The van der Waals surface area contributed by atoms with E-state index in [9.17, 15) is 18.9 Å². The fourth-order valence-corrected chi connectivity index (χ4v) is 3.72. The van der Waals surface area contributed by atoms with Crippen molar-refractivity contribution in [3.63, 3.8) is 0 Å². The summed E-state index contributed by atoms with van der Waals surface area (Å²) in [6, 6.07) is 8.93. The van der Waals surface area contributed by atoms with Crippen molar-refractivity contribution in [3.8, 4) is 0 Å². The standard InChI is InChI=1S/C19H20FN2O8P/c1-27-31(26,28-2)11-9-13-16(30-18(24)12-6-4-3-5-7-12)15(20)17(29-13)22-10-8-14(23)21-19(22)25/h3-11,13,15-17H,1-2H3,(H,21,23,25). The number of hydrogen-bond acceptors (Lipinski definition) is 8. The van der Waals surface area contributed by atoms with E-state index in [0.29, 0.717) is 0 Å². The molecule has 1 aromatic carbocycles. The second kappa shape index (κ2) is 9.52. The van der Waals surface area contributed by atoms with Crippen molar-refractivity contribution >= 4 is 13.6 Å². The molecule has 1 saturated heterocycles. The number of carbonyl (C=O) groups excluding carboxylic acids is 1. The van der Waals surface area contributed by atoms with Gasteiger partial charge >= 0.3 is 19.3 Å². The van der Waals surface area contributed by atoms with Gasteiger partial charge in [0.25, 0.3) is 5.56 Å². The zero-order valence-electron chi connectivity index (χ0n) is 16.5. The number of nitrogens with one attached hydrogen (secondary N) is 1.